The Morgan fingerprint density at radius 2 is 2.27 bits per heavy atom. The maximum Gasteiger partial charge on any atom is 0.410 e. The lowest BCUT2D eigenvalue weighted by molar-refractivity contribution is -0.0298. The average Bonchev–Trinajstić information content (AvgIpc) is 2.89. The highest BCUT2D eigenvalue weighted by Crippen LogP contribution is 2.28. The largest absolute Gasteiger partial charge is 0.444 e. The Bertz CT molecular complexity index is 604. The minimum atomic E-state index is -0.475. The molecule has 0 saturated carbocycles. The van der Waals surface area contributed by atoms with E-state index in [0.717, 1.165) is 12.1 Å². The molecule has 1 atom stereocenters. The third-order valence-corrected chi connectivity index (χ3v) is 3.77. The molecule has 1 amide bonds. The van der Waals surface area contributed by atoms with Crippen molar-refractivity contribution in [1.29, 1.82) is 0 Å². The zero-order valence-corrected chi connectivity index (χ0v) is 13.3. The van der Waals surface area contributed by atoms with Gasteiger partial charge in [-0.15, -0.1) is 0 Å². The van der Waals surface area contributed by atoms with Gasteiger partial charge < -0.3 is 14.4 Å². The van der Waals surface area contributed by atoms with Gasteiger partial charge in [0.2, 0.25) is 0 Å². The molecule has 5 nitrogen and oxygen atoms in total. The van der Waals surface area contributed by atoms with E-state index in [1.54, 1.807) is 11.1 Å². The predicted octanol–water partition coefficient (Wildman–Crippen LogP) is 2.66. The molecule has 1 aromatic heterocycles. The van der Waals surface area contributed by atoms with Crippen LogP contribution in [0.5, 0.6) is 0 Å². The third-order valence-electron chi connectivity index (χ3n) is 3.77. The highest BCUT2D eigenvalue weighted by atomic mass is 16.6. The quantitative estimate of drug-likeness (QED) is 0.800. The molecule has 0 aromatic carbocycles. The topological polar surface area (TPSA) is 51.7 Å². The van der Waals surface area contributed by atoms with Crippen molar-refractivity contribution in [2.75, 3.05) is 19.7 Å². The molecule has 5 heteroatoms. The molecule has 1 aromatic rings. The molecule has 1 fully saturated rings. The van der Waals surface area contributed by atoms with Crippen LogP contribution in [-0.4, -0.2) is 47.4 Å². The molecule has 2 aliphatic rings. The first kappa shape index (κ1) is 15.0. The van der Waals surface area contributed by atoms with Gasteiger partial charge in [0.05, 0.1) is 24.9 Å². The smallest absolute Gasteiger partial charge is 0.410 e. The summed E-state index contributed by atoms with van der Waals surface area (Å²) in [6.45, 7) is 7.28. The van der Waals surface area contributed by atoms with Crippen molar-refractivity contribution in [3.63, 3.8) is 0 Å². The van der Waals surface area contributed by atoms with Gasteiger partial charge in [0.1, 0.15) is 5.60 Å². The van der Waals surface area contributed by atoms with Crippen LogP contribution in [0.4, 0.5) is 4.79 Å². The summed E-state index contributed by atoms with van der Waals surface area (Å²) in [7, 11) is 0. The van der Waals surface area contributed by atoms with Crippen molar-refractivity contribution in [3.8, 4) is 0 Å². The van der Waals surface area contributed by atoms with Gasteiger partial charge in [0.25, 0.3) is 0 Å². The van der Waals surface area contributed by atoms with Gasteiger partial charge in [-0.1, -0.05) is 6.07 Å². The van der Waals surface area contributed by atoms with E-state index in [2.05, 4.69) is 17.1 Å². The molecule has 0 N–H and O–H groups in total. The van der Waals surface area contributed by atoms with Gasteiger partial charge in [0, 0.05) is 12.7 Å². The summed E-state index contributed by atoms with van der Waals surface area (Å²) in [5.41, 5.74) is 2.94. The Labute approximate surface area is 130 Å². The van der Waals surface area contributed by atoms with E-state index in [-0.39, 0.29) is 12.2 Å². The minimum Gasteiger partial charge on any atom is -0.444 e. The van der Waals surface area contributed by atoms with Gasteiger partial charge in [-0.05, 0) is 50.5 Å². The fourth-order valence-electron chi connectivity index (χ4n) is 2.75. The summed E-state index contributed by atoms with van der Waals surface area (Å²) in [4.78, 5) is 18.3. The van der Waals surface area contributed by atoms with Crippen molar-refractivity contribution in [3.05, 3.63) is 35.2 Å². The molecule has 1 aliphatic carbocycles. The van der Waals surface area contributed by atoms with Crippen LogP contribution in [0.15, 0.2) is 23.9 Å². The van der Waals surface area contributed by atoms with E-state index < -0.39 is 5.60 Å². The van der Waals surface area contributed by atoms with Crippen LogP contribution in [-0.2, 0) is 15.9 Å². The van der Waals surface area contributed by atoms with Crippen LogP contribution in [0.3, 0.4) is 0 Å². The summed E-state index contributed by atoms with van der Waals surface area (Å²) >= 11 is 0. The second-order valence-corrected chi connectivity index (χ2v) is 6.73. The fourth-order valence-corrected chi connectivity index (χ4v) is 2.75. The number of aromatic nitrogens is 1. The van der Waals surface area contributed by atoms with Gasteiger partial charge in [-0.3, -0.25) is 4.98 Å². The molecule has 1 unspecified atom stereocenters. The van der Waals surface area contributed by atoms with E-state index in [1.165, 1.54) is 11.1 Å². The van der Waals surface area contributed by atoms with Crippen molar-refractivity contribution in [2.45, 2.75) is 38.9 Å². The zero-order valence-electron chi connectivity index (χ0n) is 13.3. The number of pyridine rings is 1. The molecular weight excluding hydrogens is 280 g/mol. The number of fused-ring (bicyclic) bond motifs is 1. The first-order valence-corrected chi connectivity index (χ1v) is 7.66. The molecule has 1 saturated heterocycles. The number of carbonyl (C=O) groups excluding carboxylic acids is 1. The third kappa shape index (κ3) is 3.30. The molecule has 2 heterocycles. The second kappa shape index (κ2) is 5.72. The van der Waals surface area contributed by atoms with Gasteiger partial charge >= 0.3 is 6.09 Å². The molecule has 0 spiro atoms. The van der Waals surface area contributed by atoms with Crippen molar-refractivity contribution >= 4 is 12.2 Å². The molecule has 0 radical (unpaired) electrons. The monoisotopic (exact) mass is 302 g/mol. The van der Waals surface area contributed by atoms with Crippen LogP contribution >= 0.6 is 0 Å². The highest BCUT2D eigenvalue weighted by molar-refractivity contribution is 5.69. The normalized spacial score (nSPS) is 21.3. The van der Waals surface area contributed by atoms with E-state index in [4.69, 9.17) is 9.47 Å². The van der Waals surface area contributed by atoms with E-state index >= 15 is 0 Å². The summed E-state index contributed by atoms with van der Waals surface area (Å²) in [6, 6.07) is 4.03. The van der Waals surface area contributed by atoms with Gasteiger partial charge in [0.15, 0.2) is 0 Å². The lowest BCUT2D eigenvalue weighted by atomic mass is 10.1. The lowest BCUT2D eigenvalue weighted by Crippen LogP contribution is -2.48. The Morgan fingerprint density at radius 3 is 3.00 bits per heavy atom. The van der Waals surface area contributed by atoms with E-state index in [1.807, 2.05) is 26.8 Å². The first-order valence-electron chi connectivity index (χ1n) is 7.66. The number of ether oxygens (including phenoxy) is 2. The van der Waals surface area contributed by atoms with Crippen LogP contribution < -0.4 is 0 Å². The maximum absolute atomic E-state index is 12.2. The average molecular weight is 302 g/mol. The fraction of sp³-hybridized carbons (Fsp3) is 0.529. The number of morpholine rings is 1. The van der Waals surface area contributed by atoms with Crippen molar-refractivity contribution < 1.29 is 14.3 Å². The molecule has 3 rings (SSSR count). The number of hydrogen-bond acceptors (Lipinski definition) is 4. The van der Waals surface area contributed by atoms with Crippen LogP contribution in [0.2, 0.25) is 0 Å². The standard InChI is InChI=1S/C17H22N2O3/c1-17(2,3)22-16(20)19-7-8-21-15(11-19)13-9-12-5-4-6-18-14(12)10-13/h4-6,10,15H,7-9,11H2,1-3H3. The van der Waals surface area contributed by atoms with Crippen LogP contribution in [0.1, 0.15) is 32.0 Å². The first-order chi connectivity index (χ1) is 10.4. The molecule has 0 bridgehead atoms. The van der Waals surface area contributed by atoms with Crippen LogP contribution in [0, 0.1) is 0 Å². The Hall–Kier alpha value is -1.88. The van der Waals surface area contributed by atoms with E-state index in [9.17, 15) is 4.79 Å². The number of carbonyl (C=O) groups is 1. The molecule has 118 valence electrons. The summed E-state index contributed by atoms with van der Waals surface area (Å²) in [5.74, 6) is 0. The van der Waals surface area contributed by atoms with Crippen molar-refractivity contribution in [2.24, 2.45) is 0 Å². The van der Waals surface area contributed by atoms with Crippen LogP contribution in [0.25, 0.3) is 6.08 Å². The SMILES string of the molecule is CC(C)(C)OC(=O)N1CCOC(C2=Cc3ncccc3C2)C1. The Morgan fingerprint density at radius 1 is 1.45 bits per heavy atom. The highest BCUT2D eigenvalue weighted by Gasteiger charge is 2.31. The minimum absolute atomic E-state index is 0.0736. The zero-order chi connectivity index (χ0) is 15.7. The molecular formula is C17H22N2O3. The number of amides is 1. The van der Waals surface area contributed by atoms with E-state index in [0.29, 0.717) is 19.7 Å². The Kier molecular flexibility index (Phi) is 3.91. The van der Waals surface area contributed by atoms with Gasteiger partial charge in [-0.25, -0.2) is 4.79 Å². The number of hydrogen-bond donors (Lipinski definition) is 0. The summed E-state index contributed by atoms with van der Waals surface area (Å²) in [6.07, 6.45) is 4.38. The lowest BCUT2D eigenvalue weighted by Gasteiger charge is -2.34. The van der Waals surface area contributed by atoms with Crippen molar-refractivity contribution in [1.82, 2.24) is 9.88 Å². The Balaban J connectivity index is 1.66. The number of nitrogens with zero attached hydrogens (tertiary/aromatic N) is 2. The predicted molar refractivity (Wildman–Crippen MR) is 83.5 cm³/mol. The summed E-state index contributed by atoms with van der Waals surface area (Å²) in [5, 5.41) is 0. The summed E-state index contributed by atoms with van der Waals surface area (Å²) < 4.78 is 11.3. The maximum atomic E-state index is 12.2. The second-order valence-electron chi connectivity index (χ2n) is 6.73. The molecule has 1 aliphatic heterocycles. The molecule has 22 heavy (non-hydrogen) atoms. The van der Waals surface area contributed by atoms with Gasteiger partial charge in [-0.2, -0.15) is 0 Å². The number of rotatable bonds is 1.